The molecule has 2 aromatic rings. The molecule has 0 aromatic heterocycles. The van der Waals surface area contributed by atoms with Gasteiger partial charge in [-0.25, -0.2) is 0 Å². The van der Waals surface area contributed by atoms with E-state index in [0.717, 1.165) is 27.8 Å². The van der Waals surface area contributed by atoms with Crippen molar-refractivity contribution in [2.45, 2.75) is 31.6 Å². The number of carbonyl (C=O) groups is 2. The van der Waals surface area contributed by atoms with E-state index in [1.165, 1.54) is 0 Å². The van der Waals surface area contributed by atoms with Crippen molar-refractivity contribution in [3.05, 3.63) is 73.8 Å². The molecule has 3 nitrogen and oxygen atoms in total. The van der Waals surface area contributed by atoms with E-state index < -0.39 is 0 Å². The van der Waals surface area contributed by atoms with Crippen LogP contribution in [-0.2, 0) is 9.59 Å². The summed E-state index contributed by atoms with van der Waals surface area (Å²) in [5, 5.41) is 0.849. The number of hydrogen-bond acceptors (Lipinski definition) is 2. The molecule has 1 aliphatic carbocycles. The number of amides is 1. The van der Waals surface area contributed by atoms with Crippen LogP contribution >= 0.6 is 39.1 Å². The Morgan fingerprint density at radius 2 is 1.74 bits per heavy atom. The summed E-state index contributed by atoms with van der Waals surface area (Å²) in [4.78, 5) is 27.7. The Hall–Kier alpha value is -1.62. The van der Waals surface area contributed by atoms with Gasteiger partial charge >= 0.3 is 0 Å². The van der Waals surface area contributed by atoms with Gasteiger partial charge in [-0.1, -0.05) is 51.3 Å². The predicted molar refractivity (Wildman–Crippen MR) is 111 cm³/mol. The van der Waals surface area contributed by atoms with Crippen molar-refractivity contribution in [2.24, 2.45) is 0 Å². The molecule has 1 heterocycles. The molecule has 6 heteroatoms. The second-order valence-electron chi connectivity index (χ2n) is 6.74. The van der Waals surface area contributed by atoms with Gasteiger partial charge < -0.3 is 0 Å². The number of anilines is 1. The molecule has 0 spiro atoms. The number of hydrogen-bond donors (Lipinski definition) is 0. The minimum Gasteiger partial charge on any atom is -0.294 e. The van der Waals surface area contributed by atoms with Gasteiger partial charge in [0.1, 0.15) is 0 Å². The summed E-state index contributed by atoms with van der Waals surface area (Å²) < 4.78 is 0.938. The Bertz CT molecular complexity index is 969. The standard InChI is InChI=1S/C21H16BrCl2NO2/c22-12-7-9-13(10-8-12)25-17-5-2-6-18(26)20(17)15(11-19(25)27)14-3-1-4-16(23)21(14)24/h1,3-4,7-10,15H,2,5-6,11H2. The average Bonchev–Trinajstić information content (AvgIpc) is 2.65. The van der Waals surface area contributed by atoms with E-state index in [1.807, 2.05) is 36.4 Å². The van der Waals surface area contributed by atoms with E-state index in [9.17, 15) is 9.59 Å². The molecular formula is C21H16BrCl2NO2. The van der Waals surface area contributed by atoms with Gasteiger partial charge in [-0.3, -0.25) is 14.5 Å². The van der Waals surface area contributed by atoms with Crippen molar-refractivity contribution >= 4 is 56.5 Å². The summed E-state index contributed by atoms with van der Waals surface area (Å²) in [6, 6.07) is 12.9. The lowest BCUT2D eigenvalue weighted by atomic mass is 9.77. The van der Waals surface area contributed by atoms with Crippen molar-refractivity contribution < 1.29 is 9.59 Å². The van der Waals surface area contributed by atoms with Crippen LogP contribution in [0.2, 0.25) is 10.0 Å². The van der Waals surface area contributed by atoms with E-state index in [-0.39, 0.29) is 24.0 Å². The first-order chi connectivity index (χ1) is 13.0. The zero-order chi connectivity index (χ0) is 19.1. The zero-order valence-electron chi connectivity index (χ0n) is 14.3. The van der Waals surface area contributed by atoms with Crippen LogP contribution < -0.4 is 4.90 Å². The van der Waals surface area contributed by atoms with Crippen LogP contribution in [0, 0.1) is 0 Å². The first-order valence-electron chi connectivity index (χ1n) is 8.76. The smallest absolute Gasteiger partial charge is 0.232 e. The molecular weight excluding hydrogens is 449 g/mol. The zero-order valence-corrected chi connectivity index (χ0v) is 17.4. The maximum atomic E-state index is 13.1. The second kappa shape index (κ2) is 7.42. The van der Waals surface area contributed by atoms with Gasteiger partial charge in [-0.2, -0.15) is 0 Å². The monoisotopic (exact) mass is 463 g/mol. The Morgan fingerprint density at radius 3 is 2.48 bits per heavy atom. The topological polar surface area (TPSA) is 37.4 Å². The molecule has 1 amide bonds. The molecule has 138 valence electrons. The van der Waals surface area contributed by atoms with Crippen LogP contribution in [0.3, 0.4) is 0 Å². The van der Waals surface area contributed by atoms with Crippen molar-refractivity contribution in [1.29, 1.82) is 0 Å². The third-order valence-electron chi connectivity index (χ3n) is 5.12. The van der Waals surface area contributed by atoms with Crippen molar-refractivity contribution in [3.8, 4) is 0 Å². The fourth-order valence-corrected chi connectivity index (χ4v) is 4.64. The van der Waals surface area contributed by atoms with Gasteiger partial charge in [-0.15, -0.1) is 0 Å². The molecule has 1 atom stereocenters. The lowest BCUT2D eigenvalue weighted by Gasteiger charge is -2.38. The highest BCUT2D eigenvalue weighted by Gasteiger charge is 2.40. The number of halogens is 3. The largest absolute Gasteiger partial charge is 0.294 e. The van der Waals surface area contributed by atoms with E-state index in [2.05, 4.69) is 15.9 Å². The summed E-state index contributed by atoms with van der Waals surface area (Å²) in [7, 11) is 0. The Morgan fingerprint density at radius 1 is 1.00 bits per heavy atom. The van der Waals surface area contributed by atoms with Crippen LogP contribution in [0.15, 0.2) is 58.2 Å². The summed E-state index contributed by atoms with van der Waals surface area (Å²) in [5.74, 6) is -0.295. The average molecular weight is 465 g/mol. The fraction of sp³-hybridized carbons (Fsp3) is 0.238. The van der Waals surface area contributed by atoms with Crippen LogP contribution in [0.5, 0.6) is 0 Å². The van der Waals surface area contributed by atoms with Crippen LogP contribution in [0.4, 0.5) is 5.69 Å². The number of ketones is 1. The van der Waals surface area contributed by atoms with Crippen molar-refractivity contribution in [1.82, 2.24) is 0 Å². The van der Waals surface area contributed by atoms with Gasteiger partial charge in [-0.05, 0) is 48.7 Å². The van der Waals surface area contributed by atoms with E-state index >= 15 is 0 Å². The summed E-state index contributed by atoms with van der Waals surface area (Å²) in [6.07, 6.45) is 2.13. The van der Waals surface area contributed by atoms with Crippen LogP contribution in [0.1, 0.15) is 37.2 Å². The molecule has 0 N–H and O–H groups in total. The van der Waals surface area contributed by atoms with Crippen LogP contribution in [0.25, 0.3) is 0 Å². The first-order valence-corrected chi connectivity index (χ1v) is 10.3. The minimum absolute atomic E-state index is 0.0354. The van der Waals surface area contributed by atoms with Gasteiger partial charge in [0.2, 0.25) is 5.91 Å². The number of carbonyl (C=O) groups excluding carboxylic acids is 2. The lowest BCUT2D eigenvalue weighted by molar-refractivity contribution is -0.119. The maximum Gasteiger partial charge on any atom is 0.232 e. The quantitative estimate of drug-likeness (QED) is 0.524. The third kappa shape index (κ3) is 3.35. The SMILES string of the molecule is O=C1CCCC2=C1C(c1cccc(Cl)c1Cl)CC(=O)N2c1ccc(Br)cc1. The van der Waals surface area contributed by atoms with Crippen LogP contribution in [-0.4, -0.2) is 11.7 Å². The third-order valence-corrected chi connectivity index (χ3v) is 6.48. The summed E-state index contributed by atoms with van der Waals surface area (Å²) in [6.45, 7) is 0. The molecule has 2 aromatic carbocycles. The summed E-state index contributed by atoms with van der Waals surface area (Å²) in [5.41, 5.74) is 3.02. The van der Waals surface area contributed by atoms with E-state index in [1.54, 1.807) is 11.0 Å². The summed E-state index contributed by atoms with van der Waals surface area (Å²) >= 11 is 16.0. The lowest BCUT2D eigenvalue weighted by Crippen LogP contribution is -2.40. The Labute approximate surface area is 176 Å². The van der Waals surface area contributed by atoms with Gasteiger partial charge in [0.05, 0.1) is 10.0 Å². The van der Waals surface area contributed by atoms with Crippen molar-refractivity contribution in [3.63, 3.8) is 0 Å². The molecule has 0 bridgehead atoms. The van der Waals surface area contributed by atoms with Gasteiger partial charge in [0.15, 0.2) is 5.78 Å². The molecule has 0 saturated heterocycles. The molecule has 0 fully saturated rings. The molecule has 2 aliphatic rings. The predicted octanol–water partition coefficient (Wildman–Crippen LogP) is 6.28. The highest BCUT2D eigenvalue weighted by Crippen LogP contribution is 2.46. The molecule has 0 saturated carbocycles. The molecule has 0 radical (unpaired) electrons. The number of nitrogens with zero attached hydrogens (tertiary/aromatic N) is 1. The number of allylic oxidation sites excluding steroid dienone is 2. The molecule has 27 heavy (non-hydrogen) atoms. The van der Waals surface area contributed by atoms with E-state index in [0.29, 0.717) is 28.5 Å². The highest BCUT2D eigenvalue weighted by molar-refractivity contribution is 9.10. The number of Topliss-reactive ketones (excluding diaryl/α,β-unsaturated/α-hetero) is 1. The first kappa shape index (κ1) is 18.7. The maximum absolute atomic E-state index is 13.1. The molecule has 4 rings (SSSR count). The van der Waals surface area contributed by atoms with Gasteiger partial charge in [0, 0.05) is 40.2 Å². The highest BCUT2D eigenvalue weighted by atomic mass is 79.9. The molecule has 1 aliphatic heterocycles. The Kier molecular flexibility index (Phi) is 5.15. The molecule has 1 unspecified atom stereocenters. The number of benzene rings is 2. The second-order valence-corrected chi connectivity index (χ2v) is 8.44. The van der Waals surface area contributed by atoms with Gasteiger partial charge in [0.25, 0.3) is 0 Å². The van der Waals surface area contributed by atoms with E-state index in [4.69, 9.17) is 23.2 Å². The number of rotatable bonds is 2. The normalized spacial score (nSPS) is 20.1. The fourth-order valence-electron chi connectivity index (χ4n) is 3.94. The minimum atomic E-state index is -0.349. The van der Waals surface area contributed by atoms with Crippen molar-refractivity contribution in [2.75, 3.05) is 4.90 Å². The Balaban J connectivity index is 1.88.